The van der Waals surface area contributed by atoms with Crippen molar-refractivity contribution in [2.45, 2.75) is 11.1 Å². The number of anilines is 1. The number of methoxy groups -OCH3 is 4. The summed E-state index contributed by atoms with van der Waals surface area (Å²) < 4.78 is 87.4. The standard InChI is InChI=1S/C25H24F3NO7S/c1-33-20-12-15(5-6-16-13-21(34-2)24(36-4)22(14-16)35-3)11-19(23(20)30)29-37(31,32)18-9-7-17(8-10-18)25(26,27)28/h5-14,29-30H,1-4H3. The van der Waals surface area contributed by atoms with Crippen LogP contribution in [0.4, 0.5) is 18.9 Å². The first-order chi connectivity index (χ1) is 17.4. The third kappa shape index (κ3) is 6.20. The van der Waals surface area contributed by atoms with Gasteiger partial charge in [0, 0.05) is 0 Å². The van der Waals surface area contributed by atoms with E-state index in [1.54, 1.807) is 24.3 Å². The molecule has 0 fully saturated rings. The number of alkyl halides is 3. The van der Waals surface area contributed by atoms with Crippen LogP contribution in [0.25, 0.3) is 12.2 Å². The molecule has 0 aliphatic heterocycles. The first kappa shape index (κ1) is 27.5. The Bertz CT molecular complexity index is 1380. The Morgan fingerprint density at radius 1 is 0.784 bits per heavy atom. The largest absolute Gasteiger partial charge is 0.503 e. The summed E-state index contributed by atoms with van der Waals surface area (Å²) in [6.45, 7) is 0. The average molecular weight is 540 g/mol. The van der Waals surface area contributed by atoms with E-state index in [0.717, 1.165) is 12.1 Å². The zero-order chi connectivity index (χ0) is 27.4. The van der Waals surface area contributed by atoms with Crippen molar-refractivity contribution < 1.29 is 45.6 Å². The van der Waals surface area contributed by atoms with Crippen LogP contribution in [0.1, 0.15) is 16.7 Å². The summed E-state index contributed by atoms with van der Waals surface area (Å²) in [6.07, 6.45) is -1.30. The van der Waals surface area contributed by atoms with Crippen molar-refractivity contribution in [2.24, 2.45) is 0 Å². The van der Waals surface area contributed by atoms with Crippen LogP contribution in [-0.2, 0) is 16.2 Å². The lowest BCUT2D eigenvalue weighted by Gasteiger charge is -2.14. The number of benzene rings is 3. The molecule has 12 heteroatoms. The Hall–Kier alpha value is -4.06. The lowest BCUT2D eigenvalue weighted by molar-refractivity contribution is -0.137. The molecule has 0 unspecified atom stereocenters. The van der Waals surface area contributed by atoms with Crippen molar-refractivity contribution in [2.75, 3.05) is 33.2 Å². The number of hydrogen-bond acceptors (Lipinski definition) is 7. The molecule has 0 aliphatic carbocycles. The molecule has 0 atom stereocenters. The number of nitrogens with one attached hydrogen (secondary N) is 1. The van der Waals surface area contributed by atoms with Gasteiger partial charge in [0.15, 0.2) is 23.0 Å². The van der Waals surface area contributed by atoms with Gasteiger partial charge in [-0.25, -0.2) is 8.42 Å². The van der Waals surface area contributed by atoms with Gasteiger partial charge in [0.1, 0.15) is 0 Å². The van der Waals surface area contributed by atoms with E-state index in [1.165, 1.54) is 40.6 Å². The van der Waals surface area contributed by atoms with Crippen LogP contribution in [-0.4, -0.2) is 42.0 Å². The number of rotatable bonds is 9. The summed E-state index contributed by atoms with van der Waals surface area (Å²) >= 11 is 0. The van der Waals surface area contributed by atoms with Gasteiger partial charge in [-0.1, -0.05) is 12.2 Å². The Kier molecular flexibility index (Phi) is 8.12. The highest BCUT2D eigenvalue weighted by Crippen LogP contribution is 2.40. The summed E-state index contributed by atoms with van der Waals surface area (Å²) in [7, 11) is 1.38. The Morgan fingerprint density at radius 3 is 1.73 bits per heavy atom. The molecule has 0 spiro atoms. The van der Waals surface area contributed by atoms with E-state index in [1.807, 2.05) is 0 Å². The van der Waals surface area contributed by atoms with Crippen molar-refractivity contribution in [3.8, 4) is 28.7 Å². The van der Waals surface area contributed by atoms with Gasteiger partial charge in [-0.2, -0.15) is 13.2 Å². The highest BCUT2D eigenvalue weighted by molar-refractivity contribution is 7.92. The minimum absolute atomic E-state index is 0.0304. The summed E-state index contributed by atoms with van der Waals surface area (Å²) in [5.41, 5.74) is -0.124. The van der Waals surface area contributed by atoms with E-state index in [0.29, 0.717) is 40.5 Å². The quantitative estimate of drug-likeness (QED) is 0.277. The molecule has 0 aromatic heterocycles. The van der Waals surface area contributed by atoms with E-state index in [9.17, 15) is 26.7 Å². The first-order valence-electron chi connectivity index (χ1n) is 10.5. The topological polar surface area (TPSA) is 103 Å². The summed E-state index contributed by atoms with van der Waals surface area (Å²) in [5.74, 6) is 0.734. The van der Waals surface area contributed by atoms with Crippen molar-refractivity contribution in [3.05, 3.63) is 65.2 Å². The number of halogens is 3. The van der Waals surface area contributed by atoms with E-state index in [-0.39, 0.29) is 11.4 Å². The Morgan fingerprint density at radius 2 is 1.27 bits per heavy atom. The maximum atomic E-state index is 12.8. The number of sulfonamides is 1. The highest BCUT2D eigenvalue weighted by atomic mass is 32.2. The van der Waals surface area contributed by atoms with Crippen LogP contribution >= 0.6 is 0 Å². The van der Waals surface area contributed by atoms with E-state index < -0.39 is 32.4 Å². The van der Waals surface area contributed by atoms with Gasteiger partial charge in [-0.05, 0) is 59.7 Å². The van der Waals surface area contributed by atoms with Crippen molar-refractivity contribution in [1.82, 2.24) is 0 Å². The molecule has 0 heterocycles. The van der Waals surface area contributed by atoms with Gasteiger partial charge < -0.3 is 24.1 Å². The fourth-order valence-corrected chi connectivity index (χ4v) is 4.43. The van der Waals surface area contributed by atoms with Crippen molar-refractivity contribution in [1.29, 1.82) is 0 Å². The highest BCUT2D eigenvalue weighted by Gasteiger charge is 2.30. The number of phenolic OH excluding ortho intramolecular Hbond substituents is 1. The molecule has 0 radical (unpaired) electrons. The van der Waals surface area contributed by atoms with Gasteiger partial charge in [0.05, 0.1) is 44.6 Å². The Balaban J connectivity index is 1.97. The minimum Gasteiger partial charge on any atom is -0.503 e. The molecule has 0 saturated carbocycles. The van der Waals surface area contributed by atoms with Gasteiger partial charge >= 0.3 is 6.18 Å². The number of ether oxygens (including phenoxy) is 4. The molecule has 3 aromatic carbocycles. The van der Waals surface area contributed by atoms with Crippen LogP contribution in [0.15, 0.2) is 53.4 Å². The smallest absolute Gasteiger partial charge is 0.416 e. The van der Waals surface area contributed by atoms with Crippen LogP contribution in [0.5, 0.6) is 28.7 Å². The molecular weight excluding hydrogens is 515 g/mol. The third-order valence-corrected chi connectivity index (χ3v) is 6.59. The van der Waals surface area contributed by atoms with Gasteiger partial charge in [-0.15, -0.1) is 0 Å². The molecule has 0 aliphatic rings. The fourth-order valence-electron chi connectivity index (χ4n) is 3.38. The lowest BCUT2D eigenvalue weighted by Crippen LogP contribution is -2.14. The molecular formula is C25H24F3NO7S. The van der Waals surface area contributed by atoms with E-state index >= 15 is 0 Å². The van der Waals surface area contributed by atoms with Crippen molar-refractivity contribution in [3.63, 3.8) is 0 Å². The molecule has 2 N–H and O–H groups in total. The molecule has 37 heavy (non-hydrogen) atoms. The van der Waals surface area contributed by atoms with Crippen LogP contribution < -0.4 is 23.7 Å². The number of hydrogen-bond donors (Lipinski definition) is 2. The summed E-state index contributed by atoms with van der Waals surface area (Å²) in [6, 6.07) is 9.18. The van der Waals surface area contributed by atoms with Gasteiger partial charge in [0.2, 0.25) is 5.75 Å². The lowest BCUT2D eigenvalue weighted by atomic mass is 10.1. The maximum Gasteiger partial charge on any atom is 0.416 e. The fraction of sp³-hybridized carbons (Fsp3) is 0.200. The second-order valence-corrected chi connectivity index (χ2v) is 9.22. The van der Waals surface area contributed by atoms with E-state index in [4.69, 9.17) is 18.9 Å². The second kappa shape index (κ2) is 10.9. The number of aromatic hydroxyl groups is 1. The van der Waals surface area contributed by atoms with Crippen LogP contribution in [0.3, 0.4) is 0 Å². The summed E-state index contributed by atoms with van der Waals surface area (Å²) in [4.78, 5) is -0.419. The predicted octanol–water partition coefficient (Wildman–Crippen LogP) is 5.42. The molecule has 0 saturated heterocycles. The zero-order valence-corrected chi connectivity index (χ0v) is 21.0. The van der Waals surface area contributed by atoms with Gasteiger partial charge in [0.25, 0.3) is 10.0 Å². The second-order valence-electron chi connectivity index (χ2n) is 7.54. The molecule has 8 nitrogen and oxygen atoms in total. The minimum atomic E-state index is -4.61. The molecule has 3 rings (SSSR count). The predicted molar refractivity (Wildman–Crippen MR) is 132 cm³/mol. The Labute approximate surface area is 211 Å². The summed E-state index contributed by atoms with van der Waals surface area (Å²) in [5, 5.41) is 10.5. The molecule has 0 bridgehead atoms. The number of phenols is 1. The average Bonchev–Trinajstić information content (AvgIpc) is 2.87. The maximum absolute atomic E-state index is 12.8. The third-order valence-electron chi connectivity index (χ3n) is 5.21. The van der Waals surface area contributed by atoms with Gasteiger partial charge in [-0.3, -0.25) is 4.72 Å². The van der Waals surface area contributed by atoms with E-state index in [2.05, 4.69) is 4.72 Å². The molecule has 3 aromatic rings. The molecule has 198 valence electrons. The normalized spacial score (nSPS) is 11.9. The molecule has 0 amide bonds. The van der Waals surface area contributed by atoms with Crippen LogP contribution in [0, 0.1) is 0 Å². The van der Waals surface area contributed by atoms with Crippen molar-refractivity contribution >= 4 is 27.9 Å². The monoisotopic (exact) mass is 539 g/mol. The van der Waals surface area contributed by atoms with Crippen LogP contribution in [0.2, 0.25) is 0 Å². The zero-order valence-electron chi connectivity index (χ0n) is 20.2. The SMILES string of the molecule is COc1cc(C=Cc2cc(OC)c(OC)c(OC)c2)cc(NS(=O)(=O)c2ccc(C(F)(F)F)cc2)c1O. The first-order valence-corrected chi connectivity index (χ1v) is 12.0.